The molecule has 0 spiro atoms. The van der Waals surface area contributed by atoms with Crippen LogP contribution in [-0.4, -0.2) is 35.1 Å². The SMILES string of the molecule is CCOc1cc(C2C3=CCC4C(=O)N(c5ccc(C)c(Cl)c5)C(=O)C4C3CC3=C2C(=O)C(C)=CC3=O)ccc1O. The highest BCUT2D eigenvalue weighted by atomic mass is 35.5. The first-order chi connectivity index (χ1) is 19.1. The largest absolute Gasteiger partial charge is 0.504 e. The predicted molar refractivity (Wildman–Crippen MR) is 149 cm³/mol. The Morgan fingerprint density at radius 3 is 2.52 bits per heavy atom. The van der Waals surface area contributed by atoms with Gasteiger partial charge in [0.15, 0.2) is 23.1 Å². The van der Waals surface area contributed by atoms with E-state index in [9.17, 15) is 24.3 Å². The number of ether oxygens (including phenoxy) is 1. The Morgan fingerprint density at radius 2 is 1.80 bits per heavy atom. The van der Waals surface area contributed by atoms with Crippen molar-refractivity contribution >= 4 is 40.7 Å². The molecular weight excluding hydrogens is 530 g/mol. The molecule has 7 nitrogen and oxygen atoms in total. The van der Waals surface area contributed by atoms with Gasteiger partial charge in [0.05, 0.1) is 24.1 Å². The maximum absolute atomic E-state index is 14.0. The topological polar surface area (TPSA) is 101 Å². The molecule has 1 saturated heterocycles. The van der Waals surface area contributed by atoms with Gasteiger partial charge in [0, 0.05) is 27.7 Å². The summed E-state index contributed by atoms with van der Waals surface area (Å²) in [6.45, 7) is 5.62. The number of allylic oxidation sites excluding steroid dienone is 6. The number of ketones is 2. The van der Waals surface area contributed by atoms with Crippen molar-refractivity contribution in [2.75, 3.05) is 11.5 Å². The quantitative estimate of drug-likeness (QED) is 0.307. The number of hydrogen-bond acceptors (Lipinski definition) is 6. The fourth-order valence-electron chi connectivity index (χ4n) is 6.70. The molecule has 1 heterocycles. The number of Topliss-reactive ketones (excluding diaryl/α,β-unsaturated/α-hetero) is 1. The van der Waals surface area contributed by atoms with E-state index in [4.69, 9.17) is 16.3 Å². The van der Waals surface area contributed by atoms with E-state index < -0.39 is 23.7 Å². The van der Waals surface area contributed by atoms with Gasteiger partial charge in [-0.05, 0) is 81.0 Å². The van der Waals surface area contributed by atoms with Crippen molar-refractivity contribution in [2.24, 2.45) is 17.8 Å². The Kier molecular flexibility index (Phi) is 6.30. The second kappa shape index (κ2) is 9.59. The molecule has 4 aliphatic rings. The van der Waals surface area contributed by atoms with Gasteiger partial charge in [-0.25, -0.2) is 4.90 Å². The highest BCUT2D eigenvalue weighted by molar-refractivity contribution is 6.32. The molecular formula is C32H28ClNO6. The molecule has 0 aromatic heterocycles. The molecule has 8 heteroatoms. The highest BCUT2D eigenvalue weighted by Crippen LogP contribution is 2.56. The second-order valence-electron chi connectivity index (χ2n) is 10.8. The van der Waals surface area contributed by atoms with Gasteiger partial charge in [0.2, 0.25) is 11.8 Å². The summed E-state index contributed by atoms with van der Waals surface area (Å²) in [4.78, 5) is 55.7. The van der Waals surface area contributed by atoms with Crippen molar-refractivity contribution in [3.8, 4) is 11.5 Å². The zero-order valence-electron chi connectivity index (χ0n) is 22.4. The summed E-state index contributed by atoms with van der Waals surface area (Å²) >= 11 is 6.33. The average molecular weight is 558 g/mol. The molecule has 2 aromatic rings. The number of phenolic OH excluding ortho intramolecular Hbond substituents is 1. The third kappa shape index (κ3) is 3.86. The summed E-state index contributed by atoms with van der Waals surface area (Å²) in [5, 5.41) is 10.8. The lowest BCUT2D eigenvalue weighted by Crippen LogP contribution is -2.39. The second-order valence-corrected chi connectivity index (χ2v) is 11.2. The molecule has 4 unspecified atom stereocenters. The van der Waals surface area contributed by atoms with E-state index in [-0.39, 0.29) is 41.3 Å². The first kappa shape index (κ1) is 26.3. The molecule has 2 amide bonds. The lowest BCUT2D eigenvalue weighted by molar-refractivity contribution is -0.123. The van der Waals surface area contributed by atoms with E-state index in [0.717, 1.165) is 11.1 Å². The number of carbonyl (C=O) groups is 4. The van der Waals surface area contributed by atoms with Gasteiger partial charge in [-0.1, -0.05) is 35.4 Å². The van der Waals surface area contributed by atoms with Crippen LogP contribution in [0.3, 0.4) is 0 Å². The van der Waals surface area contributed by atoms with Gasteiger partial charge in [-0.15, -0.1) is 0 Å². The van der Waals surface area contributed by atoms with Gasteiger partial charge in [-0.3, -0.25) is 19.2 Å². The smallest absolute Gasteiger partial charge is 0.238 e. The molecule has 1 fully saturated rings. The van der Waals surface area contributed by atoms with Gasteiger partial charge < -0.3 is 9.84 Å². The van der Waals surface area contributed by atoms with Crippen LogP contribution in [0.1, 0.15) is 43.7 Å². The number of imide groups is 1. The van der Waals surface area contributed by atoms with Crippen molar-refractivity contribution < 1.29 is 29.0 Å². The number of hydrogen-bond donors (Lipinski definition) is 1. The lowest BCUT2D eigenvalue weighted by atomic mass is 9.59. The van der Waals surface area contributed by atoms with Crippen molar-refractivity contribution in [3.63, 3.8) is 0 Å². The predicted octanol–water partition coefficient (Wildman–Crippen LogP) is 5.39. The van der Waals surface area contributed by atoms with E-state index in [2.05, 4.69) is 0 Å². The minimum atomic E-state index is -0.678. The fourth-order valence-corrected chi connectivity index (χ4v) is 6.87. The summed E-state index contributed by atoms with van der Waals surface area (Å²) in [6, 6.07) is 10.1. The Hall–Kier alpha value is -3.97. The van der Waals surface area contributed by atoms with Gasteiger partial charge in [0.25, 0.3) is 0 Å². The number of aryl methyl sites for hydroxylation is 1. The molecule has 1 N–H and O–H groups in total. The van der Waals surface area contributed by atoms with Crippen LogP contribution in [-0.2, 0) is 19.2 Å². The monoisotopic (exact) mass is 557 g/mol. The number of nitrogens with zero attached hydrogens (tertiary/aromatic N) is 1. The molecule has 204 valence electrons. The average Bonchev–Trinajstić information content (AvgIpc) is 3.19. The zero-order chi connectivity index (χ0) is 28.5. The minimum Gasteiger partial charge on any atom is -0.504 e. The summed E-state index contributed by atoms with van der Waals surface area (Å²) in [5.41, 5.74) is 3.93. The first-order valence-electron chi connectivity index (χ1n) is 13.4. The third-order valence-electron chi connectivity index (χ3n) is 8.60. The molecule has 4 atom stereocenters. The standard InChI is InChI=1S/C32H28ClNO6/c1-4-40-26-12-17(6-10-24(26)35)27-19-8-9-20-28(21(19)14-22-25(36)11-16(3)30(37)29(22)27)32(39)34(31(20)38)18-7-5-15(2)23(33)13-18/h5-8,10-13,20-21,27-28,35H,4,9,14H2,1-3H3. The maximum Gasteiger partial charge on any atom is 0.238 e. The Balaban J connectivity index is 1.48. The highest BCUT2D eigenvalue weighted by Gasteiger charge is 2.56. The number of halogens is 1. The van der Waals surface area contributed by atoms with Crippen LogP contribution in [0.15, 0.2) is 70.8 Å². The van der Waals surface area contributed by atoms with Crippen molar-refractivity contribution in [1.29, 1.82) is 0 Å². The number of amides is 2. The van der Waals surface area contributed by atoms with Gasteiger partial charge >= 0.3 is 0 Å². The fraction of sp³-hybridized carbons (Fsp3) is 0.312. The van der Waals surface area contributed by atoms with Crippen LogP contribution in [0.25, 0.3) is 0 Å². The summed E-state index contributed by atoms with van der Waals surface area (Å²) in [6.07, 6.45) is 3.86. The molecule has 0 radical (unpaired) electrons. The van der Waals surface area contributed by atoms with Crippen LogP contribution in [0, 0.1) is 24.7 Å². The zero-order valence-corrected chi connectivity index (χ0v) is 23.1. The van der Waals surface area contributed by atoms with Gasteiger partial charge in [-0.2, -0.15) is 0 Å². The molecule has 40 heavy (non-hydrogen) atoms. The number of fused-ring (bicyclic) bond motifs is 3. The number of aromatic hydroxyl groups is 1. The van der Waals surface area contributed by atoms with Crippen molar-refractivity contribution in [3.05, 3.63) is 87.0 Å². The molecule has 0 saturated carbocycles. The summed E-state index contributed by atoms with van der Waals surface area (Å²) in [7, 11) is 0. The molecule has 0 bridgehead atoms. The Morgan fingerprint density at radius 1 is 1.02 bits per heavy atom. The van der Waals surface area contributed by atoms with E-state index in [1.54, 1.807) is 44.2 Å². The van der Waals surface area contributed by atoms with Crippen LogP contribution in [0.2, 0.25) is 5.02 Å². The molecule has 1 aliphatic heterocycles. The van der Waals surface area contributed by atoms with E-state index in [1.165, 1.54) is 17.0 Å². The normalized spacial score (nSPS) is 25.9. The van der Waals surface area contributed by atoms with E-state index in [1.807, 2.05) is 13.0 Å². The maximum atomic E-state index is 14.0. The van der Waals surface area contributed by atoms with Crippen molar-refractivity contribution in [2.45, 2.75) is 39.5 Å². The summed E-state index contributed by atoms with van der Waals surface area (Å²) in [5.74, 6) is -3.14. The summed E-state index contributed by atoms with van der Waals surface area (Å²) < 4.78 is 5.63. The Labute approximate surface area is 236 Å². The lowest BCUT2D eigenvalue weighted by Gasteiger charge is -2.42. The molecule has 2 aromatic carbocycles. The van der Waals surface area contributed by atoms with E-state index in [0.29, 0.717) is 46.0 Å². The number of phenols is 1. The van der Waals surface area contributed by atoms with Crippen LogP contribution >= 0.6 is 11.6 Å². The number of carbonyl (C=O) groups excluding carboxylic acids is 4. The third-order valence-corrected chi connectivity index (χ3v) is 9.00. The number of benzene rings is 2. The van der Waals surface area contributed by atoms with Crippen LogP contribution in [0.5, 0.6) is 11.5 Å². The Bertz CT molecular complexity index is 1610. The molecule has 3 aliphatic carbocycles. The van der Waals surface area contributed by atoms with Gasteiger partial charge in [0.1, 0.15) is 0 Å². The minimum absolute atomic E-state index is 0.0315. The van der Waals surface area contributed by atoms with Crippen LogP contribution in [0.4, 0.5) is 5.69 Å². The molecule has 6 rings (SSSR count). The van der Waals surface area contributed by atoms with E-state index >= 15 is 0 Å². The van der Waals surface area contributed by atoms with Crippen molar-refractivity contribution in [1.82, 2.24) is 0 Å². The number of rotatable bonds is 4. The number of anilines is 1. The van der Waals surface area contributed by atoms with Crippen LogP contribution < -0.4 is 9.64 Å². The first-order valence-corrected chi connectivity index (χ1v) is 13.8.